The van der Waals surface area contributed by atoms with Gasteiger partial charge in [0.2, 0.25) is 0 Å². The lowest BCUT2D eigenvalue weighted by Crippen LogP contribution is -2.12. The number of benzene rings is 2. The molecule has 7 heteroatoms. The van der Waals surface area contributed by atoms with Gasteiger partial charge >= 0.3 is 10.1 Å². The summed E-state index contributed by atoms with van der Waals surface area (Å²) >= 11 is 0. The third-order valence-electron chi connectivity index (χ3n) is 3.46. The van der Waals surface area contributed by atoms with Crippen LogP contribution in [0.3, 0.4) is 0 Å². The largest absolute Gasteiger partial charge is 0.378 e. The fourth-order valence-electron chi connectivity index (χ4n) is 2.40. The maximum Gasteiger partial charge on any atom is 0.339 e. The van der Waals surface area contributed by atoms with Crippen molar-refractivity contribution in [2.45, 2.75) is 32.6 Å². The smallest absolute Gasteiger partial charge is 0.339 e. The van der Waals surface area contributed by atoms with Gasteiger partial charge in [0.05, 0.1) is 4.92 Å². The van der Waals surface area contributed by atoms with E-state index in [0.29, 0.717) is 16.7 Å². The zero-order valence-corrected chi connectivity index (χ0v) is 14.1. The lowest BCUT2D eigenvalue weighted by atomic mass is 10.1. The highest BCUT2D eigenvalue weighted by atomic mass is 32.2. The maximum atomic E-state index is 12.4. The van der Waals surface area contributed by atoms with Crippen LogP contribution in [0.25, 0.3) is 0 Å². The molecular formula is C16H17NO5S. The minimum atomic E-state index is -4.15. The first-order valence-electron chi connectivity index (χ1n) is 6.89. The van der Waals surface area contributed by atoms with Crippen molar-refractivity contribution in [3.63, 3.8) is 0 Å². The van der Waals surface area contributed by atoms with Crippen LogP contribution in [-0.2, 0) is 10.1 Å². The van der Waals surface area contributed by atoms with Crippen molar-refractivity contribution in [1.29, 1.82) is 0 Å². The van der Waals surface area contributed by atoms with E-state index in [0.717, 1.165) is 11.6 Å². The van der Waals surface area contributed by atoms with Gasteiger partial charge in [-0.1, -0.05) is 23.8 Å². The Balaban J connectivity index is 2.48. The summed E-state index contributed by atoms with van der Waals surface area (Å²) in [7, 11) is -4.15. The lowest BCUT2D eigenvalue weighted by Gasteiger charge is -2.13. The van der Waals surface area contributed by atoms with E-state index in [9.17, 15) is 18.5 Å². The normalized spacial score (nSPS) is 11.3. The molecule has 0 spiro atoms. The van der Waals surface area contributed by atoms with Gasteiger partial charge in [-0.2, -0.15) is 8.42 Å². The number of nitro groups is 1. The highest BCUT2D eigenvalue weighted by Gasteiger charge is 2.23. The van der Waals surface area contributed by atoms with E-state index in [1.165, 1.54) is 12.1 Å². The van der Waals surface area contributed by atoms with Crippen molar-refractivity contribution in [2.75, 3.05) is 0 Å². The SMILES string of the molecule is Cc1cc(C)c(OS(=O)(=O)c2ccc(C)c([N+](=O)[O-])c2)c(C)c1. The van der Waals surface area contributed by atoms with Crippen molar-refractivity contribution >= 4 is 15.8 Å². The Hall–Kier alpha value is -2.41. The van der Waals surface area contributed by atoms with Crippen molar-refractivity contribution in [2.24, 2.45) is 0 Å². The molecule has 0 amide bonds. The molecule has 0 aliphatic rings. The second-order valence-electron chi connectivity index (χ2n) is 5.47. The number of aryl methyl sites for hydroxylation is 4. The average molecular weight is 335 g/mol. The van der Waals surface area contributed by atoms with Crippen LogP contribution in [0.15, 0.2) is 35.2 Å². The zero-order valence-electron chi connectivity index (χ0n) is 13.3. The number of nitro benzene ring substituents is 1. The molecule has 0 aliphatic carbocycles. The van der Waals surface area contributed by atoms with Gasteiger partial charge < -0.3 is 4.18 Å². The molecule has 2 rings (SSSR count). The van der Waals surface area contributed by atoms with Crippen molar-refractivity contribution in [1.82, 2.24) is 0 Å². The Labute approximate surface area is 135 Å². The minimum absolute atomic E-state index is 0.242. The van der Waals surface area contributed by atoms with E-state index in [1.807, 2.05) is 19.1 Å². The van der Waals surface area contributed by atoms with Crippen LogP contribution in [-0.4, -0.2) is 13.3 Å². The van der Waals surface area contributed by atoms with E-state index in [4.69, 9.17) is 4.18 Å². The lowest BCUT2D eigenvalue weighted by molar-refractivity contribution is -0.385. The molecule has 0 N–H and O–H groups in total. The zero-order chi connectivity index (χ0) is 17.4. The third kappa shape index (κ3) is 3.50. The molecule has 0 atom stereocenters. The van der Waals surface area contributed by atoms with Crippen LogP contribution in [0.2, 0.25) is 0 Å². The van der Waals surface area contributed by atoms with Crippen LogP contribution in [0.5, 0.6) is 5.75 Å². The monoisotopic (exact) mass is 335 g/mol. The van der Waals surface area contributed by atoms with Crippen LogP contribution in [0, 0.1) is 37.8 Å². The quantitative estimate of drug-likeness (QED) is 0.484. The predicted molar refractivity (Wildman–Crippen MR) is 86.3 cm³/mol. The van der Waals surface area contributed by atoms with Crippen LogP contribution in [0.4, 0.5) is 5.69 Å². The number of hydrogen-bond donors (Lipinski definition) is 0. The minimum Gasteiger partial charge on any atom is -0.378 e. The molecule has 0 fully saturated rings. The molecule has 23 heavy (non-hydrogen) atoms. The molecule has 0 saturated carbocycles. The van der Waals surface area contributed by atoms with Crippen LogP contribution < -0.4 is 4.18 Å². The van der Waals surface area contributed by atoms with E-state index in [1.54, 1.807) is 20.8 Å². The van der Waals surface area contributed by atoms with Gasteiger partial charge in [0.1, 0.15) is 10.6 Å². The first-order chi connectivity index (χ1) is 10.6. The molecule has 2 aromatic carbocycles. The second-order valence-corrected chi connectivity index (χ2v) is 7.02. The molecule has 0 heterocycles. The van der Waals surface area contributed by atoms with Gasteiger partial charge in [-0.05, 0) is 44.9 Å². The van der Waals surface area contributed by atoms with Gasteiger partial charge in [-0.25, -0.2) is 0 Å². The molecule has 0 aromatic heterocycles. The average Bonchev–Trinajstić information content (AvgIpc) is 2.42. The van der Waals surface area contributed by atoms with Gasteiger partial charge in [0.25, 0.3) is 5.69 Å². The summed E-state index contributed by atoms with van der Waals surface area (Å²) in [5.74, 6) is 0.249. The van der Waals surface area contributed by atoms with E-state index in [2.05, 4.69) is 0 Å². The van der Waals surface area contributed by atoms with Crippen LogP contribution >= 0.6 is 0 Å². The molecule has 0 saturated heterocycles. The molecule has 2 aromatic rings. The molecule has 0 radical (unpaired) electrons. The van der Waals surface area contributed by atoms with Gasteiger partial charge in [0.15, 0.2) is 0 Å². The number of hydrogen-bond acceptors (Lipinski definition) is 5. The van der Waals surface area contributed by atoms with Crippen LogP contribution in [0.1, 0.15) is 22.3 Å². The maximum absolute atomic E-state index is 12.4. The highest BCUT2D eigenvalue weighted by molar-refractivity contribution is 7.87. The summed E-state index contributed by atoms with van der Waals surface area (Å²) in [6.45, 7) is 6.95. The molecule has 122 valence electrons. The fraction of sp³-hybridized carbons (Fsp3) is 0.250. The molecule has 6 nitrogen and oxygen atoms in total. The Kier molecular flexibility index (Phi) is 4.42. The summed E-state index contributed by atoms with van der Waals surface area (Å²) in [5, 5.41) is 11.0. The summed E-state index contributed by atoms with van der Waals surface area (Å²) in [6, 6.07) is 7.34. The molecule has 0 aliphatic heterocycles. The van der Waals surface area contributed by atoms with E-state index in [-0.39, 0.29) is 16.3 Å². The standard InChI is InChI=1S/C16H17NO5S/c1-10-7-12(3)16(13(4)8-10)22-23(20,21)14-6-5-11(2)15(9-14)17(18)19/h5-9H,1-4H3. The summed E-state index contributed by atoms with van der Waals surface area (Å²) < 4.78 is 30.1. The Bertz CT molecular complexity index is 864. The topological polar surface area (TPSA) is 86.5 Å². The first kappa shape index (κ1) is 17.0. The second kappa shape index (κ2) is 6.00. The Morgan fingerprint density at radius 3 is 2.04 bits per heavy atom. The summed E-state index contributed by atoms with van der Waals surface area (Å²) in [6.07, 6.45) is 0. The predicted octanol–water partition coefficient (Wildman–Crippen LogP) is 3.60. The first-order valence-corrected chi connectivity index (χ1v) is 8.30. The fourth-order valence-corrected chi connectivity index (χ4v) is 3.47. The Morgan fingerprint density at radius 1 is 0.957 bits per heavy atom. The van der Waals surface area contributed by atoms with Gasteiger partial charge in [-0.15, -0.1) is 0 Å². The van der Waals surface area contributed by atoms with E-state index < -0.39 is 15.0 Å². The third-order valence-corrected chi connectivity index (χ3v) is 4.68. The highest BCUT2D eigenvalue weighted by Crippen LogP contribution is 2.29. The van der Waals surface area contributed by atoms with E-state index >= 15 is 0 Å². The van der Waals surface area contributed by atoms with Gasteiger partial charge in [-0.3, -0.25) is 10.1 Å². The van der Waals surface area contributed by atoms with Gasteiger partial charge in [0, 0.05) is 11.6 Å². The summed E-state index contributed by atoms with van der Waals surface area (Å²) in [4.78, 5) is 10.1. The number of rotatable bonds is 4. The van der Waals surface area contributed by atoms with Crippen molar-refractivity contribution in [3.05, 3.63) is 62.7 Å². The van der Waals surface area contributed by atoms with Crippen molar-refractivity contribution < 1.29 is 17.5 Å². The molecule has 0 unspecified atom stereocenters. The Morgan fingerprint density at radius 2 is 1.52 bits per heavy atom. The van der Waals surface area contributed by atoms with Crippen molar-refractivity contribution in [3.8, 4) is 5.75 Å². The molecule has 0 bridgehead atoms. The summed E-state index contributed by atoms with van der Waals surface area (Å²) in [5.41, 5.74) is 2.50. The molecular weight excluding hydrogens is 318 g/mol. The number of nitrogens with zero attached hydrogens (tertiary/aromatic N) is 1.